The molecule has 2 aromatic carbocycles. The van der Waals surface area contributed by atoms with Gasteiger partial charge in [-0.25, -0.2) is 4.79 Å². The second-order valence-electron chi connectivity index (χ2n) is 12.0. The summed E-state index contributed by atoms with van der Waals surface area (Å²) < 4.78 is 5.20. The molecule has 2 saturated heterocycles. The Hall–Kier alpha value is -4.34. The zero-order valence-corrected chi connectivity index (χ0v) is 23.8. The first-order valence-corrected chi connectivity index (χ1v) is 14.0. The van der Waals surface area contributed by atoms with E-state index in [2.05, 4.69) is 15.6 Å². The summed E-state index contributed by atoms with van der Waals surface area (Å²) in [5.41, 5.74) is 1.57. The number of rotatable bonds is 7. The van der Waals surface area contributed by atoms with Crippen molar-refractivity contribution in [2.45, 2.75) is 52.4 Å². The Morgan fingerprint density at radius 3 is 2.41 bits per heavy atom. The van der Waals surface area contributed by atoms with Crippen LogP contribution >= 0.6 is 0 Å². The normalized spacial score (nSPS) is 20.6. The number of ether oxygens (including phenoxy) is 1. The van der Waals surface area contributed by atoms with Crippen LogP contribution in [-0.2, 0) is 20.9 Å². The highest BCUT2D eigenvalue weighted by Gasteiger charge is 2.55. The number of likely N-dealkylation sites (tertiary alicyclic amines) is 2. The number of alkyl carbamates (subject to hydrolysis) is 1. The van der Waals surface area contributed by atoms with E-state index in [-0.39, 0.29) is 48.9 Å². The third-order valence-corrected chi connectivity index (χ3v) is 7.97. The maximum atomic E-state index is 13.8. The molecule has 5 rings (SSSR count). The molecule has 3 heterocycles. The van der Waals surface area contributed by atoms with Gasteiger partial charge >= 0.3 is 6.09 Å². The van der Waals surface area contributed by atoms with E-state index in [1.807, 2.05) is 82.3 Å². The number of aromatic nitrogens is 1. The minimum Gasteiger partial charge on any atom is -0.445 e. The topological polar surface area (TPSA) is 124 Å². The summed E-state index contributed by atoms with van der Waals surface area (Å²) in [4.78, 5) is 58.8. The van der Waals surface area contributed by atoms with E-state index < -0.39 is 17.6 Å². The van der Waals surface area contributed by atoms with Gasteiger partial charge in [-0.3, -0.25) is 14.4 Å². The van der Waals surface area contributed by atoms with E-state index in [1.165, 1.54) is 0 Å². The molecule has 3 N–H and O–H groups in total. The minimum absolute atomic E-state index is 0.0525. The number of H-pyrrole nitrogens is 1. The lowest BCUT2D eigenvalue weighted by atomic mass is 9.82. The summed E-state index contributed by atoms with van der Waals surface area (Å²) in [6.45, 7) is 8.60. The number of amides is 4. The van der Waals surface area contributed by atoms with Crippen molar-refractivity contribution < 1.29 is 23.9 Å². The molecule has 1 aromatic heterocycles. The van der Waals surface area contributed by atoms with E-state index in [4.69, 9.17) is 4.74 Å². The monoisotopic (exact) mass is 559 g/mol. The maximum absolute atomic E-state index is 13.8. The summed E-state index contributed by atoms with van der Waals surface area (Å²) in [5.74, 6) is -0.663. The van der Waals surface area contributed by atoms with Crippen LogP contribution in [0.1, 0.15) is 43.7 Å². The molecular weight excluding hydrogens is 522 g/mol. The van der Waals surface area contributed by atoms with E-state index in [0.29, 0.717) is 18.8 Å². The van der Waals surface area contributed by atoms with Gasteiger partial charge < -0.3 is 30.2 Å². The Bertz CT molecular complexity index is 1410. The number of aromatic amines is 1. The summed E-state index contributed by atoms with van der Waals surface area (Å²) in [6, 6.07) is 17.7. The first kappa shape index (κ1) is 28.2. The summed E-state index contributed by atoms with van der Waals surface area (Å²) in [7, 11) is 0. The van der Waals surface area contributed by atoms with Crippen molar-refractivity contribution in [2.24, 2.45) is 11.3 Å². The Labute approximate surface area is 239 Å². The predicted octanol–water partition coefficient (Wildman–Crippen LogP) is 3.30. The van der Waals surface area contributed by atoms with Crippen LogP contribution in [0, 0.1) is 11.3 Å². The first-order chi connectivity index (χ1) is 19.5. The van der Waals surface area contributed by atoms with Gasteiger partial charge in [-0.2, -0.15) is 0 Å². The van der Waals surface area contributed by atoms with Crippen molar-refractivity contribution in [1.82, 2.24) is 25.4 Å². The van der Waals surface area contributed by atoms with Gasteiger partial charge in [0.2, 0.25) is 11.8 Å². The Balaban J connectivity index is 1.17. The number of carbonyl (C=O) groups excluding carboxylic acids is 4. The zero-order valence-electron chi connectivity index (χ0n) is 23.8. The third-order valence-electron chi connectivity index (χ3n) is 7.97. The molecule has 1 unspecified atom stereocenters. The second-order valence-corrected chi connectivity index (χ2v) is 12.0. The quantitative estimate of drug-likeness (QED) is 0.410. The Kier molecular flexibility index (Phi) is 7.75. The van der Waals surface area contributed by atoms with Crippen LogP contribution in [0.4, 0.5) is 4.79 Å². The van der Waals surface area contributed by atoms with Crippen molar-refractivity contribution in [3.8, 4) is 0 Å². The Morgan fingerprint density at radius 1 is 1.00 bits per heavy atom. The molecule has 0 aliphatic carbocycles. The number of para-hydroxylation sites is 1. The van der Waals surface area contributed by atoms with Gasteiger partial charge in [-0.1, -0.05) is 76.2 Å². The largest absolute Gasteiger partial charge is 0.445 e. The fraction of sp³-hybridized carbons (Fsp3) is 0.419. The van der Waals surface area contributed by atoms with Gasteiger partial charge in [0.05, 0.1) is 12.1 Å². The summed E-state index contributed by atoms with van der Waals surface area (Å²) >= 11 is 0. The van der Waals surface area contributed by atoms with Gasteiger partial charge in [0, 0.05) is 24.0 Å². The highest BCUT2D eigenvalue weighted by atomic mass is 16.5. The number of fused-ring (bicyclic) bond motifs is 2. The van der Waals surface area contributed by atoms with Gasteiger partial charge in [0.25, 0.3) is 5.91 Å². The minimum atomic E-state index is -0.750. The fourth-order valence-electron chi connectivity index (χ4n) is 5.79. The molecule has 41 heavy (non-hydrogen) atoms. The maximum Gasteiger partial charge on any atom is 0.407 e. The van der Waals surface area contributed by atoms with Crippen molar-refractivity contribution in [3.05, 3.63) is 71.9 Å². The number of nitrogens with one attached hydrogen (secondary N) is 3. The molecule has 2 aliphatic heterocycles. The van der Waals surface area contributed by atoms with Crippen molar-refractivity contribution in [1.29, 1.82) is 0 Å². The van der Waals surface area contributed by atoms with Crippen molar-refractivity contribution in [3.63, 3.8) is 0 Å². The molecule has 10 nitrogen and oxygen atoms in total. The highest BCUT2D eigenvalue weighted by molar-refractivity contribution is 6.00. The molecule has 0 spiro atoms. The van der Waals surface area contributed by atoms with Crippen LogP contribution in [0.25, 0.3) is 10.9 Å². The van der Waals surface area contributed by atoms with Crippen LogP contribution in [0.2, 0.25) is 0 Å². The lowest BCUT2D eigenvalue weighted by Gasteiger charge is -2.50. The molecule has 2 aliphatic rings. The van der Waals surface area contributed by atoms with Crippen LogP contribution in [0.5, 0.6) is 0 Å². The first-order valence-electron chi connectivity index (χ1n) is 14.0. The molecule has 2 fully saturated rings. The van der Waals surface area contributed by atoms with Crippen molar-refractivity contribution in [2.75, 3.05) is 19.6 Å². The second kappa shape index (κ2) is 11.3. The van der Waals surface area contributed by atoms with E-state index in [1.54, 1.807) is 15.9 Å². The smallest absolute Gasteiger partial charge is 0.407 e. The SMILES string of the molecule is C[C@H]1CN(C(=O)CNC(=O)OCc2ccccc2)[C@@H]2CN(C(=O)[C@@H](NC(=O)c3cc4ccccc4[nH]3)C(C)(C)C)C21. The molecule has 0 bridgehead atoms. The predicted molar refractivity (Wildman–Crippen MR) is 154 cm³/mol. The van der Waals surface area contributed by atoms with Gasteiger partial charge in [-0.05, 0) is 29.0 Å². The highest BCUT2D eigenvalue weighted by Crippen LogP contribution is 2.38. The molecule has 0 saturated carbocycles. The number of hydrogen-bond acceptors (Lipinski definition) is 5. The molecular formula is C31H37N5O5. The van der Waals surface area contributed by atoms with Gasteiger partial charge in [-0.15, -0.1) is 0 Å². The third kappa shape index (κ3) is 5.91. The zero-order chi connectivity index (χ0) is 29.3. The van der Waals surface area contributed by atoms with E-state index in [9.17, 15) is 19.2 Å². The lowest BCUT2D eigenvalue weighted by molar-refractivity contribution is -0.151. The average Bonchev–Trinajstić information content (AvgIpc) is 3.47. The lowest BCUT2D eigenvalue weighted by Crippen LogP contribution is -2.69. The molecule has 10 heteroatoms. The summed E-state index contributed by atoms with van der Waals surface area (Å²) in [5, 5.41) is 6.43. The fourth-order valence-corrected chi connectivity index (χ4v) is 5.79. The van der Waals surface area contributed by atoms with E-state index >= 15 is 0 Å². The molecule has 216 valence electrons. The standard InChI is InChI=1S/C31H37N5O5/c1-19-16-35(25(37)15-32-30(40)41-18-20-10-6-5-7-11-20)24-17-36(26(19)24)29(39)27(31(2,3)4)34-28(38)23-14-21-12-8-9-13-22(21)33-23/h5-14,19,24,26-27,33H,15-18H2,1-4H3,(H,32,40)(H,34,38)/t19-,24+,26?,27+/m0/s1. The number of carbonyl (C=O) groups is 4. The van der Waals surface area contributed by atoms with Gasteiger partial charge in [0.15, 0.2) is 0 Å². The average molecular weight is 560 g/mol. The molecule has 3 aromatic rings. The van der Waals surface area contributed by atoms with Crippen LogP contribution in [0.15, 0.2) is 60.7 Å². The van der Waals surface area contributed by atoms with Crippen LogP contribution < -0.4 is 10.6 Å². The number of nitrogens with zero attached hydrogens (tertiary/aromatic N) is 2. The van der Waals surface area contributed by atoms with Crippen molar-refractivity contribution >= 4 is 34.7 Å². The van der Waals surface area contributed by atoms with Crippen LogP contribution in [-0.4, -0.2) is 76.4 Å². The van der Waals surface area contributed by atoms with Crippen LogP contribution in [0.3, 0.4) is 0 Å². The number of hydrogen-bond donors (Lipinski definition) is 3. The number of benzene rings is 2. The Morgan fingerprint density at radius 2 is 1.71 bits per heavy atom. The molecule has 4 amide bonds. The van der Waals surface area contributed by atoms with E-state index in [0.717, 1.165) is 16.5 Å². The van der Waals surface area contributed by atoms with Gasteiger partial charge in [0.1, 0.15) is 24.9 Å². The molecule has 4 atom stereocenters. The molecule has 0 radical (unpaired) electrons. The summed E-state index contributed by atoms with van der Waals surface area (Å²) in [6.07, 6.45) is -0.657.